The molecule has 1 saturated carbocycles. The molecule has 4 atom stereocenters. The standard InChI is InChI=1S/C7H12O5/c8-2-3-1-4(9)6(11)7(12)5(3)10/h3,5-8,10-12H,1-2H2. The Morgan fingerprint density at radius 2 is 1.83 bits per heavy atom. The summed E-state index contributed by atoms with van der Waals surface area (Å²) >= 11 is 0. The van der Waals surface area contributed by atoms with E-state index >= 15 is 0 Å². The first-order chi connectivity index (χ1) is 5.57. The minimum atomic E-state index is -1.51. The Balaban J connectivity index is 2.70. The van der Waals surface area contributed by atoms with E-state index in [1.54, 1.807) is 0 Å². The molecule has 0 aromatic carbocycles. The third-order valence-electron chi connectivity index (χ3n) is 2.18. The molecule has 5 heteroatoms. The van der Waals surface area contributed by atoms with Crippen LogP contribution in [-0.2, 0) is 4.79 Å². The molecular formula is C7H12O5. The van der Waals surface area contributed by atoms with Crippen LogP contribution < -0.4 is 0 Å². The van der Waals surface area contributed by atoms with Gasteiger partial charge < -0.3 is 20.4 Å². The van der Waals surface area contributed by atoms with Gasteiger partial charge in [0, 0.05) is 18.9 Å². The zero-order chi connectivity index (χ0) is 9.30. The topological polar surface area (TPSA) is 98.0 Å². The van der Waals surface area contributed by atoms with Crippen molar-refractivity contribution in [1.82, 2.24) is 0 Å². The zero-order valence-electron chi connectivity index (χ0n) is 6.42. The second-order valence-corrected chi connectivity index (χ2v) is 3.04. The van der Waals surface area contributed by atoms with E-state index in [0.29, 0.717) is 0 Å². The van der Waals surface area contributed by atoms with Crippen LogP contribution in [-0.4, -0.2) is 51.1 Å². The Bertz CT molecular complexity index is 179. The van der Waals surface area contributed by atoms with Gasteiger partial charge in [-0.15, -0.1) is 0 Å². The molecule has 0 spiro atoms. The van der Waals surface area contributed by atoms with Crippen LogP contribution in [0.1, 0.15) is 6.42 Å². The number of Topliss-reactive ketones (excluding diaryl/α,β-unsaturated/α-hetero) is 1. The van der Waals surface area contributed by atoms with Crippen molar-refractivity contribution in [3.63, 3.8) is 0 Å². The van der Waals surface area contributed by atoms with Gasteiger partial charge in [0.1, 0.15) is 12.2 Å². The molecule has 4 unspecified atom stereocenters. The molecule has 1 rings (SSSR count). The average molecular weight is 176 g/mol. The molecule has 0 aliphatic heterocycles. The Kier molecular flexibility index (Phi) is 2.79. The summed E-state index contributed by atoms with van der Waals surface area (Å²) in [4.78, 5) is 10.9. The van der Waals surface area contributed by atoms with Crippen LogP contribution in [0.4, 0.5) is 0 Å². The summed E-state index contributed by atoms with van der Waals surface area (Å²) in [5.41, 5.74) is 0. The van der Waals surface area contributed by atoms with E-state index in [1.165, 1.54) is 0 Å². The summed E-state index contributed by atoms with van der Waals surface area (Å²) in [6, 6.07) is 0. The van der Waals surface area contributed by atoms with Gasteiger partial charge >= 0.3 is 0 Å². The maximum Gasteiger partial charge on any atom is 0.164 e. The van der Waals surface area contributed by atoms with Crippen LogP contribution in [0.5, 0.6) is 0 Å². The van der Waals surface area contributed by atoms with Crippen molar-refractivity contribution in [3.05, 3.63) is 0 Å². The van der Waals surface area contributed by atoms with Gasteiger partial charge in [-0.1, -0.05) is 0 Å². The molecule has 70 valence electrons. The van der Waals surface area contributed by atoms with E-state index in [9.17, 15) is 9.90 Å². The second-order valence-electron chi connectivity index (χ2n) is 3.04. The number of carbonyl (C=O) groups is 1. The van der Waals surface area contributed by atoms with Crippen LogP contribution in [0, 0.1) is 5.92 Å². The lowest BCUT2D eigenvalue weighted by Gasteiger charge is -2.32. The van der Waals surface area contributed by atoms with Gasteiger partial charge in [0.2, 0.25) is 0 Å². The van der Waals surface area contributed by atoms with Gasteiger partial charge in [0.25, 0.3) is 0 Å². The molecule has 0 aromatic rings. The summed E-state index contributed by atoms with van der Waals surface area (Å²) in [5.74, 6) is -1.19. The number of aliphatic hydroxyl groups excluding tert-OH is 4. The van der Waals surface area contributed by atoms with Gasteiger partial charge in [-0.3, -0.25) is 4.79 Å². The minimum Gasteiger partial charge on any atom is -0.396 e. The first-order valence-electron chi connectivity index (χ1n) is 3.75. The highest BCUT2D eigenvalue weighted by atomic mass is 16.4. The molecule has 0 amide bonds. The largest absolute Gasteiger partial charge is 0.396 e. The van der Waals surface area contributed by atoms with E-state index in [0.717, 1.165) is 0 Å². The van der Waals surface area contributed by atoms with Crippen LogP contribution >= 0.6 is 0 Å². The third kappa shape index (κ3) is 1.49. The predicted molar refractivity (Wildman–Crippen MR) is 38.2 cm³/mol. The third-order valence-corrected chi connectivity index (χ3v) is 2.18. The van der Waals surface area contributed by atoms with Crippen molar-refractivity contribution in [3.8, 4) is 0 Å². The fourth-order valence-corrected chi connectivity index (χ4v) is 1.33. The van der Waals surface area contributed by atoms with Gasteiger partial charge in [-0.2, -0.15) is 0 Å². The van der Waals surface area contributed by atoms with Gasteiger partial charge in [0.05, 0.1) is 6.10 Å². The number of rotatable bonds is 1. The zero-order valence-corrected chi connectivity index (χ0v) is 6.42. The maximum absolute atomic E-state index is 10.9. The number of hydrogen-bond acceptors (Lipinski definition) is 5. The highest BCUT2D eigenvalue weighted by Crippen LogP contribution is 2.22. The van der Waals surface area contributed by atoms with Crippen molar-refractivity contribution in [2.45, 2.75) is 24.7 Å². The predicted octanol–water partition coefficient (Wildman–Crippen LogP) is -2.35. The molecule has 0 radical (unpaired) electrons. The second kappa shape index (κ2) is 3.49. The molecule has 0 saturated heterocycles. The first kappa shape index (κ1) is 9.60. The average Bonchev–Trinajstić information content (AvgIpc) is 2.08. The van der Waals surface area contributed by atoms with Crippen molar-refractivity contribution in [2.24, 2.45) is 5.92 Å². The summed E-state index contributed by atoms with van der Waals surface area (Å²) in [5, 5.41) is 36.0. The van der Waals surface area contributed by atoms with Crippen LogP contribution in [0.3, 0.4) is 0 Å². The van der Waals surface area contributed by atoms with Crippen LogP contribution in [0.2, 0.25) is 0 Å². The normalized spacial score (nSPS) is 43.2. The highest BCUT2D eigenvalue weighted by Gasteiger charge is 2.41. The number of carbonyl (C=O) groups excluding carboxylic acids is 1. The Morgan fingerprint density at radius 3 is 2.33 bits per heavy atom. The molecule has 0 heterocycles. The minimum absolute atomic E-state index is 0.0874. The van der Waals surface area contributed by atoms with E-state index in [1.807, 2.05) is 0 Å². The monoisotopic (exact) mass is 176 g/mol. The number of ketones is 1. The Morgan fingerprint density at radius 1 is 1.25 bits per heavy atom. The Hall–Kier alpha value is -0.490. The van der Waals surface area contributed by atoms with Crippen molar-refractivity contribution >= 4 is 5.78 Å². The van der Waals surface area contributed by atoms with E-state index < -0.39 is 30.0 Å². The van der Waals surface area contributed by atoms with Gasteiger partial charge in [0.15, 0.2) is 5.78 Å². The fraction of sp³-hybridized carbons (Fsp3) is 0.857. The molecule has 12 heavy (non-hydrogen) atoms. The molecule has 0 bridgehead atoms. The molecule has 0 aromatic heterocycles. The smallest absolute Gasteiger partial charge is 0.164 e. The van der Waals surface area contributed by atoms with Crippen LogP contribution in [0.25, 0.3) is 0 Å². The fourth-order valence-electron chi connectivity index (χ4n) is 1.33. The summed E-state index contributed by atoms with van der Waals surface area (Å²) in [6.07, 6.45) is -4.29. The summed E-state index contributed by atoms with van der Waals surface area (Å²) < 4.78 is 0. The van der Waals surface area contributed by atoms with E-state index in [-0.39, 0.29) is 13.0 Å². The van der Waals surface area contributed by atoms with Crippen molar-refractivity contribution < 1.29 is 25.2 Å². The number of hydrogen-bond donors (Lipinski definition) is 4. The quantitative estimate of drug-likeness (QED) is 0.358. The lowest BCUT2D eigenvalue weighted by atomic mass is 9.82. The molecule has 1 aliphatic rings. The first-order valence-corrected chi connectivity index (χ1v) is 3.75. The molecule has 1 fully saturated rings. The molecule has 1 aliphatic carbocycles. The van der Waals surface area contributed by atoms with Crippen molar-refractivity contribution in [2.75, 3.05) is 6.61 Å². The highest BCUT2D eigenvalue weighted by molar-refractivity contribution is 5.84. The lowest BCUT2D eigenvalue weighted by Crippen LogP contribution is -2.52. The molecule has 5 nitrogen and oxygen atoms in total. The van der Waals surface area contributed by atoms with Gasteiger partial charge in [-0.25, -0.2) is 0 Å². The molecule has 4 N–H and O–H groups in total. The van der Waals surface area contributed by atoms with Gasteiger partial charge in [-0.05, 0) is 0 Å². The lowest BCUT2D eigenvalue weighted by molar-refractivity contribution is -0.156. The van der Waals surface area contributed by atoms with E-state index in [2.05, 4.69) is 0 Å². The Labute approximate surface area is 69.3 Å². The summed E-state index contributed by atoms with van der Waals surface area (Å²) in [7, 11) is 0. The van der Waals surface area contributed by atoms with Crippen molar-refractivity contribution in [1.29, 1.82) is 0 Å². The van der Waals surface area contributed by atoms with E-state index in [4.69, 9.17) is 15.3 Å². The maximum atomic E-state index is 10.9. The SMILES string of the molecule is O=C1CC(CO)C(O)C(O)C1O. The molecular weight excluding hydrogens is 164 g/mol. The number of aliphatic hydroxyl groups is 4. The summed E-state index contributed by atoms with van der Waals surface area (Å²) in [6.45, 7) is -0.364. The van der Waals surface area contributed by atoms with Crippen LogP contribution in [0.15, 0.2) is 0 Å².